The third kappa shape index (κ3) is 1.97. The van der Waals surface area contributed by atoms with Crippen LogP contribution in [0.5, 0.6) is 0 Å². The topological polar surface area (TPSA) is 34.1 Å². The molecule has 5 heteroatoms. The fraction of sp³-hybridized carbons (Fsp3) is 0.556. The van der Waals surface area contributed by atoms with E-state index in [1.165, 1.54) is 11.3 Å². The van der Waals surface area contributed by atoms with Gasteiger partial charge in [0.15, 0.2) is 9.84 Å². The lowest BCUT2D eigenvalue weighted by atomic mass is 10.3. The Morgan fingerprint density at radius 3 is 2.14 bits per heavy atom. The number of hydrogen-bond acceptors (Lipinski definition) is 3. The van der Waals surface area contributed by atoms with Gasteiger partial charge in [0.2, 0.25) is 0 Å². The summed E-state index contributed by atoms with van der Waals surface area (Å²) in [6, 6.07) is 1.63. The molecule has 0 saturated carbocycles. The zero-order valence-electron chi connectivity index (χ0n) is 8.59. The van der Waals surface area contributed by atoms with Crippen LogP contribution in [0.1, 0.15) is 25.6 Å². The Kier molecular flexibility index (Phi) is 3.01. The van der Waals surface area contributed by atoms with Gasteiger partial charge in [-0.25, -0.2) is 8.42 Å². The van der Waals surface area contributed by atoms with Crippen LogP contribution in [0, 0.1) is 6.92 Å². The first kappa shape index (κ1) is 12.0. The van der Waals surface area contributed by atoms with E-state index >= 15 is 0 Å². The molecule has 1 heterocycles. The van der Waals surface area contributed by atoms with Gasteiger partial charge in [-0.15, -0.1) is 11.3 Å². The van der Waals surface area contributed by atoms with Gasteiger partial charge in [0.1, 0.15) is 4.34 Å². The first-order chi connectivity index (χ1) is 6.16. The monoisotopic (exact) mass is 252 g/mol. The van der Waals surface area contributed by atoms with Crippen LogP contribution in [0.15, 0.2) is 11.0 Å². The molecular formula is C9H13ClO2S2. The third-order valence-electron chi connectivity index (χ3n) is 1.87. The summed E-state index contributed by atoms with van der Waals surface area (Å²) in [5.74, 6) is 0. The minimum Gasteiger partial charge on any atom is -0.223 e. The quantitative estimate of drug-likeness (QED) is 0.769. The molecular weight excluding hydrogens is 240 g/mol. The van der Waals surface area contributed by atoms with Gasteiger partial charge >= 0.3 is 0 Å². The van der Waals surface area contributed by atoms with Gasteiger partial charge in [-0.2, -0.15) is 0 Å². The summed E-state index contributed by atoms with van der Waals surface area (Å²) in [5.41, 5.74) is 0. The molecule has 2 nitrogen and oxygen atoms in total. The Labute approximate surface area is 93.8 Å². The van der Waals surface area contributed by atoms with Crippen LogP contribution in [0.4, 0.5) is 0 Å². The standard InChI is InChI=1S/C9H13ClO2S2/c1-6-5-7(8(10)13-6)14(11,12)9(2,3)4/h5H,1-4H3. The van der Waals surface area contributed by atoms with E-state index < -0.39 is 14.6 Å². The zero-order chi connectivity index (χ0) is 11.1. The Balaban J connectivity index is 3.39. The number of sulfone groups is 1. The van der Waals surface area contributed by atoms with Crippen molar-refractivity contribution in [3.63, 3.8) is 0 Å². The normalized spacial score (nSPS) is 13.2. The Morgan fingerprint density at radius 2 is 1.86 bits per heavy atom. The fourth-order valence-electron chi connectivity index (χ4n) is 0.976. The van der Waals surface area contributed by atoms with Gasteiger partial charge in [0.25, 0.3) is 0 Å². The molecule has 0 aliphatic heterocycles. The van der Waals surface area contributed by atoms with E-state index in [4.69, 9.17) is 11.6 Å². The average Bonchev–Trinajstić information content (AvgIpc) is 2.27. The molecule has 0 N–H and O–H groups in total. The van der Waals surface area contributed by atoms with E-state index in [1.54, 1.807) is 26.8 Å². The summed E-state index contributed by atoms with van der Waals surface area (Å²) in [6.45, 7) is 6.86. The van der Waals surface area contributed by atoms with Crippen LogP contribution in [0.3, 0.4) is 0 Å². The summed E-state index contributed by atoms with van der Waals surface area (Å²) in [5, 5.41) is 0. The number of thiophene rings is 1. The van der Waals surface area contributed by atoms with Gasteiger partial charge in [0.05, 0.1) is 9.64 Å². The maximum Gasteiger partial charge on any atom is 0.185 e. The Hall–Kier alpha value is -0.0600. The molecule has 1 aromatic rings. The maximum absolute atomic E-state index is 12.0. The lowest BCUT2D eigenvalue weighted by Crippen LogP contribution is -2.27. The molecule has 0 spiro atoms. The van der Waals surface area contributed by atoms with Gasteiger partial charge in [-0.3, -0.25) is 0 Å². The third-order valence-corrected chi connectivity index (χ3v) is 5.90. The van der Waals surface area contributed by atoms with Crippen molar-refractivity contribution >= 4 is 32.8 Å². The van der Waals surface area contributed by atoms with Crippen LogP contribution in [-0.4, -0.2) is 13.2 Å². The van der Waals surface area contributed by atoms with Crippen molar-refractivity contribution in [1.82, 2.24) is 0 Å². The summed E-state index contributed by atoms with van der Waals surface area (Å²) in [4.78, 5) is 1.17. The van der Waals surface area contributed by atoms with Crippen LogP contribution < -0.4 is 0 Å². The van der Waals surface area contributed by atoms with Crippen molar-refractivity contribution in [1.29, 1.82) is 0 Å². The molecule has 0 amide bonds. The van der Waals surface area contributed by atoms with Gasteiger partial charge in [-0.1, -0.05) is 11.6 Å². The molecule has 0 bridgehead atoms. The summed E-state index contributed by atoms with van der Waals surface area (Å²) < 4.78 is 23.6. The van der Waals surface area contributed by atoms with Crippen molar-refractivity contribution in [3.8, 4) is 0 Å². The highest BCUT2D eigenvalue weighted by Gasteiger charge is 2.33. The molecule has 0 saturated heterocycles. The number of rotatable bonds is 1. The van der Waals surface area contributed by atoms with Crippen molar-refractivity contribution in [3.05, 3.63) is 15.3 Å². The molecule has 80 valence electrons. The molecule has 0 fully saturated rings. The molecule has 1 rings (SSSR count). The van der Waals surface area contributed by atoms with Crippen molar-refractivity contribution in [2.75, 3.05) is 0 Å². The van der Waals surface area contributed by atoms with E-state index in [0.717, 1.165) is 4.88 Å². The molecule has 0 aliphatic carbocycles. The molecule has 14 heavy (non-hydrogen) atoms. The van der Waals surface area contributed by atoms with E-state index in [0.29, 0.717) is 4.34 Å². The predicted octanol–water partition coefficient (Wildman–Crippen LogP) is 3.28. The second-order valence-corrected chi connectivity index (χ2v) is 8.64. The van der Waals surface area contributed by atoms with E-state index in [2.05, 4.69) is 0 Å². The summed E-state index contributed by atoms with van der Waals surface area (Å²) >= 11 is 7.17. The smallest absolute Gasteiger partial charge is 0.185 e. The van der Waals surface area contributed by atoms with Crippen LogP contribution in [0.2, 0.25) is 4.34 Å². The van der Waals surface area contributed by atoms with Crippen molar-refractivity contribution in [2.45, 2.75) is 37.3 Å². The highest BCUT2D eigenvalue weighted by atomic mass is 35.5. The van der Waals surface area contributed by atoms with Gasteiger partial charge in [-0.05, 0) is 33.8 Å². The van der Waals surface area contributed by atoms with Crippen molar-refractivity contribution in [2.24, 2.45) is 0 Å². The number of aryl methyl sites for hydroxylation is 1. The van der Waals surface area contributed by atoms with Crippen molar-refractivity contribution < 1.29 is 8.42 Å². The minimum atomic E-state index is -3.31. The Bertz CT molecular complexity index is 438. The molecule has 0 atom stereocenters. The van der Waals surface area contributed by atoms with Gasteiger partial charge in [0, 0.05) is 4.88 Å². The fourth-order valence-corrected chi connectivity index (χ4v) is 4.05. The lowest BCUT2D eigenvalue weighted by Gasteiger charge is -2.18. The lowest BCUT2D eigenvalue weighted by molar-refractivity contribution is 0.560. The second-order valence-electron chi connectivity index (χ2n) is 4.11. The van der Waals surface area contributed by atoms with Crippen LogP contribution in [-0.2, 0) is 9.84 Å². The summed E-state index contributed by atoms with van der Waals surface area (Å²) in [7, 11) is -3.31. The van der Waals surface area contributed by atoms with Gasteiger partial charge < -0.3 is 0 Å². The predicted molar refractivity (Wildman–Crippen MR) is 61.0 cm³/mol. The molecule has 0 aliphatic rings. The molecule has 0 unspecified atom stereocenters. The maximum atomic E-state index is 12.0. The van der Waals surface area contributed by atoms with E-state index in [-0.39, 0.29) is 4.90 Å². The highest BCUT2D eigenvalue weighted by Crippen LogP contribution is 2.35. The first-order valence-corrected chi connectivity index (χ1v) is 6.84. The first-order valence-electron chi connectivity index (χ1n) is 4.17. The molecule has 1 aromatic heterocycles. The number of hydrogen-bond donors (Lipinski definition) is 0. The number of halogens is 1. The van der Waals surface area contributed by atoms with E-state index in [9.17, 15) is 8.42 Å². The Morgan fingerprint density at radius 1 is 1.36 bits per heavy atom. The SMILES string of the molecule is Cc1cc(S(=O)(=O)C(C)(C)C)c(Cl)s1. The zero-order valence-corrected chi connectivity index (χ0v) is 11.0. The van der Waals surface area contributed by atoms with Crippen LogP contribution in [0.25, 0.3) is 0 Å². The highest BCUT2D eigenvalue weighted by molar-refractivity contribution is 7.93. The molecule has 0 aromatic carbocycles. The van der Waals surface area contributed by atoms with Crippen LogP contribution >= 0.6 is 22.9 Å². The minimum absolute atomic E-state index is 0.258. The average molecular weight is 253 g/mol. The van der Waals surface area contributed by atoms with E-state index in [1.807, 2.05) is 6.92 Å². The largest absolute Gasteiger partial charge is 0.223 e. The second kappa shape index (κ2) is 3.51. The molecule has 0 radical (unpaired) electrons. The summed E-state index contributed by atoms with van der Waals surface area (Å²) in [6.07, 6.45) is 0.